The van der Waals surface area contributed by atoms with Crippen molar-refractivity contribution in [3.63, 3.8) is 0 Å². The summed E-state index contributed by atoms with van der Waals surface area (Å²) in [7, 11) is 1.59. The minimum Gasteiger partial charge on any atom is -0.497 e. The zero-order chi connectivity index (χ0) is 13.9. The third-order valence-electron chi connectivity index (χ3n) is 3.51. The molecule has 0 saturated heterocycles. The zero-order valence-corrected chi connectivity index (χ0v) is 11.4. The molecular formula is C17H16O3. The van der Waals surface area contributed by atoms with Crippen molar-refractivity contribution in [3.05, 3.63) is 59.2 Å². The van der Waals surface area contributed by atoms with Crippen LogP contribution in [0.3, 0.4) is 0 Å². The average molecular weight is 268 g/mol. The highest BCUT2D eigenvalue weighted by Gasteiger charge is 2.20. The Morgan fingerprint density at radius 3 is 2.90 bits per heavy atom. The molecule has 0 bridgehead atoms. The second-order valence-corrected chi connectivity index (χ2v) is 4.81. The number of carbonyl (C=O) groups is 1. The van der Waals surface area contributed by atoms with Crippen molar-refractivity contribution in [2.45, 2.75) is 12.8 Å². The topological polar surface area (TPSA) is 35.5 Å². The molecule has 0 aliphatic carbocycles. The molecule has 2 aromatic carbocycles. The number of hydrogen-bond donors (Lipinski definition) is 0. The Balaban J connectivity index is 2.02. The monoisotopic (exact) mass is 268 g/mol. The van der Waals surface area contributed by atoms with Gasteiger partial charge >= 0.3 is 0 Å². The number of hydrogen-bond acceptors (Lipinski definition) is 3. The molecule has 0 spiro atoms. The van der Waals surface area contributed by atoms with Crippen molar-refractivity contribution >= 4 is 5.78 Å². The number of benzene rings is 2. The Labute approximate surface area is 118 Å². The number of rotatable bonds is 3. The number of fused-ring (bicyclic) bond motifs is 1. The molecule has 3 nitrogen and oxygen atoms in total. The fourth-order valence-corrected chi connectivity index (χ4v) is 2.49. The molecular weight excluding hydrogens is 252 g/mol. The highest BCUT2D eigenvalue weighted by Crippen LogP contribution is 2.30. The van der Waals surface area contributed by atoms with E-state index in [9.17, 15) is 4.79 Å². The molecule has 0 amide bonds. The molecule has 0 fully saturated rings. The lowest BCUT2D eigenvalue weighted by molar-refractivity contribution is 0.103. The number of methoxy groups -OCH3 is 1. The van der Waals surface area contributed by atoms with Gasteiger partial charge in [-0.2, -0.15) is 0 Å². The van der Waals surface area contributed by atoms with Crippen LogP contribution in [0.4, 0.5) is 0 Å². The first-order chi connectivity index (χ1) is 9.79. The summed E-state index contributed by atoms with van der Waals surface area (Å²) >= 11 is 0. The molecule has 0 atom stereocenters. The van der Waals surface area contributed by atoms with Crippen molar-refractivity contribution in [3.8, 4) is 11.5 Å². The van der Waals surface area contributed by atoms with Crippen LogP contribution in [-0.2, 0) is 6.42 Å². The van der Waals surface area contributed by atoms with Gasteiger partial charge in [-0.3, -0.25) is 4.79 Å². The normalized spacial score (nSPS) is 13.2. The van der Waals surface area contributed by atoms with E-state index >= 15 is 0 Å². The molecule has 0 unspecified atom stereocenters. The first-order valence-electron chi connectivity index (χ1n) is 6.73. The summed E-state index contributed by atoms with van der Waals surface area (Å²) in [6.07, 6.45) is 1.97. The molecule has 1 heterocycles. The second kappa shape index (κ2) is 5.37. The van der Waals surface area contributed by atoms with Crippen LogP contribution in [0.15, 0.2) is 42.5 Å². The Bertz CT molecular complexity index is 646. The molecule has 20 heavy (non-hydrogen) atoms. The maximum Gasteiger partial charge on any atom is 0.196 e. The standard InChI is InChI=1S/C17H16O3/c1-19-14-8-2-6-13(11-14)16(18)15-9-3-5-12-7-4-10-20-17(12)15/h2-3,5-6,8-9,11H,4,7,10H2,1H3. The van der Waals surface area contributed by atoms with Gasteiger partial charge in [0.05, 0.1) is 19.3 Å². The van der Waals surface area contributed by atoms with Crippen molar-refractivity contribution in [2.24, 2.45) is 0 Å². The SMILES string of the molecule is COc1cccc(C(=O)c2cccc3c2OCCC3)c1. The van der Waals surface area contributed by atoms with Gasteiger partial charge in [0, 0.05) is 5.56 Å². The molecule has 2 aromatic rings. The molecule has 3 heteroatoms. The van der Waals surface area contributed by atoms with E-state index in [4.69, 9.17) is 9.47 Å². The number of aryl methyl sites for hydroxylation is 1. The van der Waals surface area contributed by atoms with E-state index in [1.165, 1.54) is 0 Å². The van der Waals surface area contributed by atoms with Gasteiger partial charge in [0.2, 0.25) is 0 Å². The highest BCUT2D eigenvalue weighted by molar-refractivity contribution is 6.11. The summed E-state index contributed by atoms with van der Waals surface area (Å²) < 4.78 is 10.9. The Morgan fingerprint density at radius 1 is 1.20 bits per heavy atom. The van der Waals surface area contributed by atoms with Crippen LogP contribution in [0.2, 0.25) is 0 Å². The molecule has 0 radical (unpaired) electrons. The number of carbonyl (C=O) groups excluding carboxylic acids is 1. The quantitative estimate of drug-likeness (QED) is 0.802. The molecule has 0 N–H and O–H groups in total. The van der Waals surface area contributed by atoms with Crippen molar-refractivity contribution in [1.82, 2.24) is 0 Å². The van der Waals surface area contributed by atoms with Crippen LogP contribution in [0.5, 0.6) is 11.5 Å². The van der Waals surface area contributed by atoms with Gasteiger partial charge in [-0.15, -0.1) is 0 Å². The zero-order valence-electron chi connectivity index (χ0n) is 11.4. The van der Waals surface area contributed by atoms with Gasteiger partial charge in [0.25, 0.3) is 0 Å². The van der Waals surface area contributed by atoms with Crippen molar-refractivity contribution in [1.29, 1.82) is 0 Å². The smallest absolute Gasteiger partial charge is 0.196 e. The van der Waals surface area contributed by atoms with Crippen LogP contribution in [0.1, 0.15) is 27.9 Å². The molecule has 0 saturated carbocycles. The Hall–Kier alpha value is -2.29. The van der Waals surface area contributed by atoms with Gasteiger partial charge in [-0.05, 0) is 36.6 Å². The van der Waals surface area contributed by atoms with Gasteiger partial charge in [0.15, 0.2) is 5.78 Å². The van der Waals surface area contributed by atoms with Crippen LogP contribution in [0.25, 0.3) is 0 Å². The minimum atomic E-state index is -0.0253. The third kappa shape index (κ3) is 2.27. The summed E-state index contributed by atoms with van der Waals surface area (Å²) in [6, 6.07) is 13.0. The third-order valence-corrected chi connectivity index (χ3v) is 3.51. The maximum atomic E-state index is 12.7. The first kappa shape index (κ1) is 12.7. The largest absolute Gasteiger partial charge is 0.497 e. The van der Waals surface area contributed by atoms with Gasteiger partial charge < -0.3 is 9.47 Å². The Morgan fingerprint density at radius 2 is 2.05 bits per heavy atom. The summed E-state index contributed by atoms with van der Waals surface area (Å²) in [5.74, 6) is 1.40. The maximum absolute atomic E-state index is 12.7. The fraction of sp³-hybridized carbons (Fsp3) is 0.235. The van der Waals surface area contributed by atoms with Gasteiger partial charge in [0.1, 0.15) is 11.5 Å². The number of ketones is 1. The molecule has 3 rings (SSSR count). The highest BCUT2D eigenvalue weighted by atomic mass is 16.5. The fourth-order valence-electron chi connectivity index (χ4n) is 2.49. The summed E-state index contributed by atoms with van der Waals surface area (Å²) in [4.78, 5) is 12.7. The van der Waals surface area contributed by atoms with Crippen molar-refractivity contribution < 1.29 is 14.3 Å². The van der Waals surface area contributed by atoms with E-state index in [0.29, 0.717) is 23.5 Å². The van der Waals surface area contributed by atoms with E-state index in [-0.39, 0.29) is 5.78 Å². The molecule has 1 aliphatic heterocycles. The van der Waals surface area contributed by atoms with Crippen LogP contribution >= 0.6 is 0 Å². The second-order valence-electron chi connectivity index (χ2n) is 4.81. The van der Waals surface area contributed by atoms with Crippen molar-refractivity contribution in [2.75, 3.05) is 13.7 Å². The molecule has 1 aliphatic rings. The summed E-state index contributed by atoms with van der Waals surface area (Å²) in [6.45, 7) is 0.676. The summed E-state index contributed by atoms with van der Waals surface area (Å²) in [5, 5.41) is 0. The van der Waals surface area contributed by atoms with Crippen LogP contribution in [0, 0.1) is 0 Å². The average Bonchev–Trinajstić information content (AvgIpc) is 2.53. The minimum absolute atomic E-state index is 0.0253. The van der Waals surface area contributed by atoms with E-state index in [0.717, 1.165) is 24.2 Å². The van der Waals surface area contributed by atoms with Gasteiger partial charge in [-0.25, -0.2) is 0 Å². The van der Waals surface area contributed by atoms with E-state index < -0.39 is 0 Å². The van der Waals surface area contributed by atoms with E-state index in [1.807, 2.05) is 30.3 Å². The lowest BCUT2D eigenvalue weighted by Gasteiger charge is -2.19. The number of para-hydroxylation sites is 1. The number of ether oxygens (including phenoxy) is 2. The molecule has 102 valence electrons. The summed E-state index contributed by atoms with van der Waals surface area (Å²) in [5.41, 5.74) is 2.37. The molecule has 0 aromatic heterocycles. The lowest BCUT2D eigenvalue weighted by Crippen LogP contribution is -2.13. The predicted molar refractivity (Wildman–Crippen MR) is 76.7 cm³/mol. The van der Waals surface area contributed by atoms with E-state index in [2.05, 4.69) is 0 Å². The van der Waals surface area contributed by atoms with Crippen LogP contribution in [-0.4, -0.2) is 19.5 Å². The predicted octanol–water partition coefficient (Wildman–Crippen LogP) is 3.25. The lowest BCUT2D eigenvalue weighted by atomic mass is 9.97. The van der Waals surface area contributed by atoms with Crippen LogP contribution < -0.4 is 9.47 Å². The Kier molecular flexibility index (Phi) is 3.42. The van der Waals surface area contributed by atoms with E-state index in [1.54, 1.807) is 19.2 Å². The first-order valence-corrected chi connectivity index (χ1v) is 6.73. The van der Waals surface area contributed by atoms with Gasteiger partial charge in [-0.1, -0.05) is 24.3 Å².